The molecule has 8 aliphatic rings. The van der Waals surface area contributed by atoms with Crippen molar-refractivity contribution in [3.8, 4) is 0 Å². The summed E-state index contributed by atoms with van der Waals surface area (Å²) in [5.74, 6) is 2.11. The number of benzene rings is 1. The molecule has 0 radical (unpaired) electrons. The third-order valence-electron chi connectivity index (χ3n) is 25.6. The summed E-state index contributed by atoms with van der Waals surface area (Å²) < 4.78 is 58.5. The maximum absolute atomic E-state index is 14.5. The van der Waals surface area contributed by atoms with Gasteiger partial charge in [-0.1, -0.05) is 153 Å². The van der Waals surface area contributed by atoms with Crippen molar-refractivity contribution in [1.29, 1.82) is 0 Å². The third-order valence-corrected chi connectivity index (χ3v) is 30.2. The molecule has 3 aliphatic heterocycles. The predicted molar refractivity (Wildman–Crippen MR) is 315 cm³/mol. The lowest BCUT2D eigenvalue weighted by atomic mass is 9.33. The number of ether oxygens (including phenoxy) is 7. The van der Waals surface area contributed by atoms with Gasteiger partial charge in [-0.25, -0.2) is 0 Å². The lowest BCUT2D eigenvalue weighted by molar-refractivity contribution is -0.380. The highest BCUT2D eigenvalue weighted by atomic mass is 28.4. The Kier molecular flexibility index (Phi) is 18.2. The highest BCUT2D eigenvalue weighted by Crippen LogP contribution is 2.76. The number of allylic oxidation sites excluding steroid dienone is 2. The van der Waals surface area contributed by atoms with Gasteiger partial charge in [0.15, 0.2) is 27.2 Å². The van der Waals surface area contributed by atoms with Crippen LogP contribution in [0.3, 0.4) is 0 Å². The van der Waals surface area contributed by atoms with Gasteiger partial charge in [-0.3, -0.25) is 4.79 Å². The number of ketones is 1. The van der Waals surface area contributed by atoms with E-state index in [2.05, 4.69) is 147 Å². The first-order valence-electron chi connectivity index (χ1n) is 32.1. The molecule has 9 rings (SSSR count). The maximum Gasteiger partial charge on any atom is 0.192 e. The topological polar surface area (TPSA) is 108 Å². The molecule has 1 aromatic rings. The average molecular weight is 1120 g/mol. The molecular weight excluding hydrogens is 1000 g/mol. The molecule has 0 amide bonds. The van der Waals surface area contributed by atoms with E-state index in [1.807, 2.05) is 14.0 Å². The van der Waals surface area contributed by atoms with Gasteiger partial charge in [0, 0.05) is 18.9 Å². The molecule has 3 saturated heterocycles. The number of aldehydes is 1. The Morgan fingerprint density at radius 3 is 1.99 bits per heavy atom. The molecule has 10 nitrogen and oxygen atoms in total. The molecule has 24 atom stereocenters. The zero-order valence-electron chi connectivity index (χ0n) is 52.7. The van der Waals surface area contributed by atoms with Crippen molar-refractivity contribution in [3.05, 3.63) is 47.5 Å². The molecule has 0 aromatic heterocycles. The average Bonchev–Trinajstić information content (AvgIpc) is 3.62. The summed E-state index contributed by atoms with van der Waals surface area (Å²) in [6.07, 6.45) is 9.23. The summed E-state index contributed by atoms with van der Waals surface area (Å²) in [5.41, 5.74) is 1.14. The Morgan fingerprint density at radius 1 is 0.696 bits per heavy atom. The summed E-state index contributed by atoms with van der Waals surface area (Å²) in [6, 6.07) is 13.7. The fraction of sp³-hybridized carbons (Fsp3) is 0.853. The Labute approximate surface area is 480 Å². The minimum Gasteiger partial charge on any atom is -0.408 e. The summed E-state index contributed by atoms with van der Waals surface area (Å²) in [6.45, 7) is 40.0. The Bertz CT molecular complexity index is 2300. The van der Waals surface area contributed by atoms with E-state index in [4.69, 9.17) is 37.6 Å². The second-order valence-corrected chi connectivity index (χ2v) is 34.3. The number of methoxy groups -OCH3 is 1. The quantitative estimate of drug-likeness (QED) is 0.0648. The van der Waals surface area contributed by atoms with Crippen LogP contribution in [0, 0.1) is 85.8 Å². The van der Waals surface area contributed by atoms with Gasteiger partial charge in [0.25, 0.3) is 0 Å². The number of fused-ring (bicyclic) bond motifs is 7. The van der Waals surface area contributed by atoms with Gasteiger partial charge in [0.1, 0.15) is 18.2 Å². The fourth-order valence-corrected chi connectivity index (χ4v) is 22.0. The molecule has 10 unspecified atom stereocenters. The van der Waals surface area contributed by atoms with Crippen molar-refractivity contribution in [3.63, 3.8) is 0 Å². The van der Waals surface area contributed by atoms with Crippen LogP contribution in [0.5, 0.6) is 0 Å². The van der Waals surface area contributed by atoms with Crippen LogP contribution in [-0.4, -0.2) is 95.7 Å². The van der Waals surface area contributed by atoms with Crippen LogP contribution in [0.25, 0.3) is 0 Å². The standard InChI is InChI=1S/C68H110O10Si/c1-19-51-43(7)44(8)58(78-79(20-2,21-3)22-4)61(73-51)77-59-57(76-60-45(9)42(6)41(5)39-72-60)46(10)52(36-48-26-24-23-25-27-48)74-62(59)75-55-31-32-64(14)53(65(55,15)40-69)30-33-66(16)54(64)29-28-49-50-37-63(12,13)34-35-68(50,47(11)70)56(71-18)38-67(49,66)17/h23-28,40-46,50-62H,19-22,29-39H2,1-18H3/t41-,42+,43-,44+,45?,46-,50?,51?,52?,53-,54?,55+,56-,57+,58?,59?,60+,61+,62+,64?,65?,66-,67?,68-/m1/s1. The van der Waals surface area contributed by atoms with Crippen LogP contribution in [0.2, 0.25) is 18.1 Å². The zero-order valence-corrected chi connectivity index (χ0v) is 53.7. The lowest BCUT2D eigenvalue weighted by Crippen LogP contribution is -2.68. The maximum atomic E-state index is 14.5. The van der Waals surface area contributed by atoms with Gasteiger partial charge in [0.05, 0.1) is 54.1 Å². The van der Waals surface area contributed by atoms with Gasteiger partial charge in [-0.15, -0.1) is 0 Å². The minimum atomic E-state index is -2.15. The van der Waals surface area contributed by atoms with Gasteiger partial charge in [0.2, 0.25) is 0 Å². The second kappa shape index (κ2) is 23.2. The van der Waals surface area contributed by atoms with Crippen LogP contribution in [0.1, 0.15) is 187 Å². The number of Topliss-reactive ketones (excluding diaryl/α,β-unsaturated/α-hetero) is 1. The molecule has 0 bridgehead atoms. The molecule has 0 N–H and O–H groups in total. The lowest BCUT2D eigenvalue weighted by Gasteiger charge is -2.72. The van der Waals surface area contributed by atoms with Crippen molar-refractivity contribution >= 4 is 20.4 Å². The van der Waals surface area contributed by atoms with Crippen molar-refractivity contribution in [2.45, 2.75) is 268 Å². The molecule has 3 heterocycles. The summed E-state index contributed by atoms with van der Waals surface area (Å²) in [7, 11) is -0.302. The number of carbonyl (C=O) groups is 2. The van der Waals surface area contributed by atoms with Crippen LogP contribution in [0.15, 0.2) is 42.0 Å². The van der Waals surface area contributed by atoms with Crippen LogP contribution < -0.4 is 0 Å². The van der Waals surface area contributed by atoms with Crippen LogP contribution in [-0.2, 0) is 53.6 Å². The summed E-state index contributed by atoms with van der Waals surface area (Å²) in [4.78, 5) is 28.7. The zero-order chi connectivity index (χ0) is 57.4. The summed E-state index contributed by atoms with van der Waals surface area (Å²) in [5, 5.41) is 0. The smallest absolute Gasteiger partial charge is 0.192 e. The van der Waals surface area contributed by atoms with E-state index >= 15 is 0 Å². The Balaban J connectivity index is 1.10. The predicted octanol–water partition coefficient (Wildman–Crippen LogP) is 15.0. The molecule has 0 spiro atoms. The normalized spacial score (nSPS) is 47.9. The fourth-order valence-electron chi connectivity index (χ4n) is 19.1. The van der Waals surface area contributed by atoms with Crippen molar-refractivity contribution in [2.75, 3.05) is 13.7 Å². The highest BCUT2D eigenvalue weighted by molar-refractivity contribution is 6.73. The van der Waals surface area contributed by atoms with Crippen molar-refractivity contribution < 1.29 is 47.2 Å². The van der Waals surface area contributed by atoms with Crippen LogP contribution in [0.4, 0.5) is 0 Å². The van der Waals surface area contributed by atoms with Crippen LogP contribution >= 0.6 is 0 Å². The van der Waals surface area contributed by atoms with Gasteiger partial charge in [-0.05, 0) is 164 Å². The van der Waals surface area contributed by atoms with Gasteiger partial charge in [-0.2, -0.15) is 0 Å². The van der Waals surface area contributed by atoms with Gasteiger partial charge < -0.3 is 42.4 Å². The highest BCUT2D eigenvalue weighted by Gasteiger charge is 2.72. The van der Waals surface area contributed by atoms with E-state index < -0.39 is 56.3 Å². The Hall–Kier alpha value is -1.80. The first-order chi connectivity index (χ1) is 37.3. The number of hydrogen-bond acceptors (Lipinski definition) is 10. The molecule has 446 valence electrons. The monoisotopic (exact) mass is 1110 g/mol. The molecule has 1 aromatic carbocycles. The molecule has 7 fully saturated rings. The van der Waals surface area contributed by atoms with E-state index in [0.717, 1.165) is 75.9 Å². The minimum absolute atomic E-state index is 0.0177. The Morgan fingerprint density at radius 2 is 1.35 bits per heavy atom. The van der Waals surface area contributed by atoms with E-state index in [0.29, 0.717) is 43.0 Å². The van der Waals surface area contributed by atoms with E-state index in [-0.39, 0.29) is 81.6 Å². The molecule has 5 aliphatic carbocycles. The van der Waals surface area contributed by atoms with E-state index in [1.54, 1.807) is 0 Å². The van der Waals surface area contributed by atoms with Crippen molar-refractivity contribution in [2.24, 2.45) is 85.8 Å². The molecular formula is C68H110O10Si. The second-order valence-electron chi connectivity index (χ2n) is 29.6. The van der Waals surface area contributed by atoms with Gasteiger partial charge >= 0.3 is 0 Å². The number of carbonyl (C=O) groups excluding carboxylic acids is 2. The van der Waals surface area contributed by atoms with E-state index in [1.165, 1.54) is 17.4 Å². The first kappa shape index (κ1) is 61.7. The molecule has 79 heavy (non-hydrogen) atoms. The molecule has 11 heteroatoms. The number of hydrogen-bond donors (Lipinski definition) is 0. The number of rotatable bonds is 17. The molecule has 4 saturated carbocycles. The SMILES string of the molecule is CCC1O[C@@H](OC2[C@H](O[C@H]3CCC4(C)C5CC=C6C7CC(C)(C)CC[C@]7(C(C)=O)[C@H](OC)CC6(C)[C@]5(C)CC[C@H]4C3(C)C=O)OC(Cc3ccccc3)[C@@H](C)[C@@H]2O[C@@H]2OC[C@@H](C)[C@H](C)C2C)C(O[Si](CC)(CC)CC)[C@@H](C)[C@H]1C. The third kappa shape index (κ3) is 10.4. The first-order valence-corrected chi connectivity index (χ1v) is 34.7. The largest absolute Gasteiger partial charge is 0.408 e. The van der Waals surface area contributed by atoms with Crippen molar-refractivity contribution in [1.82, 2.24) is 0 Å². The van der Waals surface area contributed by atoms with E-state index in [9.17, 15) is 9.59 Å². The summed E-state index contributed by atoms with van der Waals surface area (Å²) >= 11 is 0.